The summed E-state index contributed by atoms with van der Waals surface area (Å²) in [5.74, 6) is 1.83. The molecule has 3 heterocycles. The van der Waals surface area contributed by atoms with E-state index in [9.17, 15) is 8.42 Å². The van der Waals surface area contributed by atoms with E-state index in [-0.39, 0.29) is 11.4 Å². The van der Waals surface area contributed by atoms with Crippen molar-refractivity contribution in [2.45, 2.75) is 37.0 Å². The van der Waals surface area contributed by atoms with Gasteiger partial charge in [0.25, 0.3) is 0 Å². The highest BCUT2D eigenvalue weighted by molar-refractivity contribution is 7.90. The van der Waals surface area contributed by atoms with Crippen molar-refractivity contribution in [3.8, 4) is 11.5 Å². The molecule has 162 valence electrons. The lowest BCUT2D eigenvalue weighted by Gasteiger charge is -2.36. The number of halogens is 1. The van der Waals surface area contributed by atoms with E-state index < -0.39 is 10.0 Å². The monoisotopic (exact) mass is 443 g/mol. The Balaban J connectivity index is 1.20. The molecule has 0 aliphatic carbocycles. The zero-order valence-electron chi connectivity index (χ0n) is 16.6. The molecule has 0 radical (unpaired) electrons. The maximum atomic E-state index is 12.5. The molecule has 0 bridgehead atoms. The van der Waals surface area contributed by atoms with Crippen LogP contribution in [-0.4, -0.2) is 70.5 Å². The van der Waals surface area contributed by atoms with Gasteiger partial charge < -0.3 is 14.8 Å². The molecule has 1 aromatic carbocycles. The normalized spacial score (nSPS) is 26.4. The second-order valence-corrected chi connectivity index (χ2v) is 10.7. The summed E-state index contributed by atoms with van der Waals surface area (Å²) >= 11 is 6.05. The van der Waals surface area contributed by atoms with Gasteiger partial charge in [-0.25, -0.2) is 13.1 Å². The highest BCUT2D eigenvalue weighted by atomic mass is 35.5. The summed E-state index contributed by atoms with van der Waals surface area (Å²) < 4.78 is 39.7. The van der Waals surface area contributed by atoms with Crippen LogP contribution in [0.1, 0.15) is 25.7 Å². The van der Waals surface area contributed by atoms with Crippen LogP contribution in [0.15, 0.2) is 18.2 Å². The highest BCUT2D eigenvalue weighted by Crippen LogP contribution is 2.34. The third-order valence-corrected chi connectivity index (χ3v) is 8.14. The van der Waals surface area contributed by atoms with Gasteiger partial charge in [-0.2, -0.15) is 0 Å². The molecule has 2 atom stereocenters. The first kappa shape index (κ1) is 21.2. The van der Waals surface area contributed by atoms with Crippen molar-refractivity contribution in [3.63, 3.8) is 0 Å². The average molecular weight is 444 g/mol. The minimum atomic E-state index is -3.22. The number of piperidine rings is 2. The Kier molecular flexibility index (Phi) is 6.86. The molecule has 29 heavy (non-hydrogen) atoms. The lowest BCUT2D eigenvalue weighted by atomic mass is 9.97. The number of rotatable bonds is 6. The van der Waals surface area contributed by atoms with Gasteiger partial charge >= 0.3 is 0 Å². The zero-order valence-corrected chi connectivity index (χ0v) is 18.2. The molecule has 9 heteroatoms. The van der Waals surface area contributed by atoms with E-state index >= 15 is 0 Å². The van der Waals surface area contributed by atoms with Crippen LogP contribution < -0.4 is 19.5 Å². The van der Waals surface area contributed by atoms with Crippen molar-refractivity contribution >= 4 is 21.6 Å². The van der Waals surface area contributed by atoms with E-state index in [2.05, 4.69) is 14.9 Å². The summed E-state index contributed by atoms with van der Waals surface area (Å²) in [7, 11) is -3.22. The van der Waals surface area contributed by atoms with Gasteiger partial charge in [0.1, 0.15) is 12.7 Å². The Morgan fingerprint density at radius 3 is 2.79 bits per heavy atom. The summed E-state index contributed by atoms with van der Waals surface area (Å²) in [6.07, 6.45) is 3.63. The smallest absolute Gasteiger partial charge is 0.215 e. The van der Waals surface area contributed by atoms with Crippen LogP contribution in [-0.2, 0) is 10.0 Å². The Morgan fingerprint density at radius 1 is 1.21 bits per heavy atom. The van der Waals surface area contributed by atoms with Gasteiger partial charge in [-0.1, -0.05) is 11.6 Å². The zero-order chi connectivity index (χ0) is 20.3. The van der Waals surface area contributed by atoms with Crippen LogP contribution in [0.4, 0.5) is 0 Å². The number of sulfonamides is 1. The number of hydrogen-bond acceptors (Lipinski definition) is 6. The maximum Gasteiger partial charge on any atom is 0.215 e. The van der Waals surface area contributed by atoms with Gasteiger partial charge in [0, 0.05) is 30.7 Å². The second-order valence-electron chi connectivity index (χ2n) is 8.25. The van der Waals surface area contributed by atoms with Crippen LogP contribution in [0.3, 0.4) is 0 Å². The van der Waals surface area contributed by atoms with Crippen LogP contribution in [0.5, 0.6) is 11.5 Å². The molecule has 0 aromatic heterocycles. The lowest BCUT2D eigenvalue weighted by molar-refractivity contribution is 0.0481. The summed E-state index contributed by atoms with van der Waals surface area (Å²) in [6.45, 7) is 5.24. The standard InChI is InChI=1S/C20H30ClN3O4S/c21-16-3-4-19-20(10-16)28-17(14-27-19)13-24-8-5-15(6-9-24)11-23-29(25,26)18-2-1-7-22-12-18/h3-4,10,15,17-18,22-23H,1-2,5-9,11-14H2/t17?,18-/m0/s1. The number of hydrogen-bond donors (Lipinski definition) is 2. The van der Waals surface area contributed by atoms with Crippen LogP contribution in [0, 0.1) is 5.92 Å². The summed E-state index contributed by atoms with van der Waals surface area (Å²) in [6, 6.07) is 5.43. The fourth-order valence-corrected chi connectivity index (χ4v) is 5.96. The van der Waals surface area contributed by atoms with Crippen LogP contribution in [0.25, 0.3) is 0 Å². The van der Waals surface area contributed by atoms with Gasteiger partial charge in [-0.3, -0.25) is 4.90 Å². The third-order valence-electron chi connectivity index (χ3n) is 6.06. The molecule has 2 saturated heterocycles. The van der Waals surface area contributed by atoms with Crippen molar-refractivity contribution < 1.29 is 17.9 Å². The predicted octanol–water partition coefficient (Wildman–Crippen LogP) is 1.86. The van der Waals surface area contributed by atoms with Gasteiger partial charge in [0.2, 0.25) is 10.0 Å². The minimum Gasteiger partial charge on any atom is -0.486 e. The molecule has 0 saturated carbocycles. The van der Waals surface area contributed by atoms with E-state index in [4.69, 9.17) is 21.1 Å². The number of likely N-dealkylation sites (tertiary alicyclic amines) is 1. The van der Waals surface area contributed by atoms with E-state index in [0.29, 0.717) is 36.4 Å². The largest absolute Gasteiger partial charge is 0.486 e. The number of nitrogens with one attached hydrogen (secondary N) is 2. The SMILES string of the molecule is O=S(=O)(NCC1CCN(CC2COc3ccc(Cl)cc3O2)CC1)[C@H]1CCCNC1. The van der Waals surface area contributed by atoms with E-state index in [1.165, 1.54) is 0 Å². The average Bonchev–Trinajstić information content (AvgIpc) is 2.74. The van der Waals surface area contributed by atoms with Crippen molar-refractivity contribution in [1.29, 1.82) is 0 Å². The van der Waals surface area contributed by atoms with Gasteiger partial charge in [-0.05, 0) is 63.4 Å². The fourth-order valence-electron chi connectivity index (χ4n) is 4.28. The Labute approximate surface area is 178 Å². The molecule has 3 aliphatic heterocycles. The highest BCUT2D eigenvalue weighted by Gasteiger charge is 2.30. The number of fused-ring (bicyclic) bond motifs is 1. The second kappa shape index (κ2) is 9.39. The predicted molar refractivity (Wildman–Crippen MR) is 113 cm³/mol. The maximum absolute atomic E-state index is 12.5. The molecule has 0 spiro atoms. The molecule has 4 rings (SSSR count). The number of ether oxygens (including phenoxy) is 2. The van der Waals surface area contributed by atoms with Crippen LogP contribution >= 0.6 is 11.6 Å². The van der Waals surface area contributed by atoms with Crippen molar-refractivity contribution in [2.24, 2.45) is 5.92 Å². The molecule has 2 fully saturated rings. The molecular weight excluding hydrogens is 414 g/mol. The minimum absolute atomic E-state index is 0.0187. The van der Waals surface area contributed by atoms with E-state index in [1.54, 1.807) is 12.1 Å². The Morgan fingerprint density at radius 2 is 2.03 bits per heavy atom. The number of benzene rings is 1. The Bertz CT molecular complexity index is 793. The quantitative estimate of drug-likeness (QED) is 0.698. The summed E-state index contributed by atoms with van der Waals surface area (Å²) in [4.78, 5) is 2.37. The van der Waals surface area contributed by atoms with Crippen LogP contribution in [0.2, 0.25) is 5.02 Å². The van der Waals surface area contributed by atoms with Crippen molar-refractivity contribution in [2.75, 3.05) is 45.9 Å². The molecule has 2 N–H and O–H groups in total. The van der Waals surface area contributed by atoms with Gasteiger partial charge in [0.05, 0.1) is 5.25 Å². The Hall–Kier alpha value is -1.06. The van der Waals surface area contributed by atoms with Gasteiger partial charge in [0.15, 0.2) is 11.5 Å². The van der Waals surface area contributed by atoms with E-state index in [1.807, 2.05) is 6.07 Å². The first-order chi connectivity index (χ1) is 14.0. The summed E-state index contributed by atoms with van der Waals surface area (Å²) in [5, 5.41) is 3.52. The van der Waals surface area contributed by atoms with Crippen molar-refractivity contribution in [1.82, 2.24) is 14.9 Å². The van der Waals surface area contributed by atoms with Crippen molar-refractivity contribution in [3.05, 3.63) is 23.2 Å². The van der Waals surface area contributed by atoms with Gasteiger partial charge in [-0.15, -0.1) is 0 Å². The molecular formula is C20H30ClN3O4S. The first-order valence-electron chi connectivity index (χ1n) is 10.5. The van der Waals surface area contributed by atoms with E-state index in [0.717, 1.165) is 57.6 Å². The lowest BCUT2D eigenvalue weighted by Crippen LogP contribution is -2.47. The number of nitrogens with zero attached hydrogens (tertiary/aromatic N) is 1. The summed E-state index contributed by atoms with van der Waals surface area (Å²) in [5.41, 5.74) is 0. The molecule has 3 aliphatic rings. The molecule has 1 unspecified atom stereocenters. The molecule has 0 amide bonds. The first-order valence-corrected chi connectivity index (χ1v) is 12.4. The fraction of sp³-hybridized carbons (Fsp3) is 0.700. The molecule has 7 nitrogen and oxygen atoms in total. The topological polar surface area (TPSA) is 79.9 Å². The third kappa shape index (κ3) is 5.55. The molecule has 1 aromatic rings.